The molecule has 0 fully saturated rings. The summed E-state index contributed by atoms with van der Waals surface area (Å²) in [4.78, 5) is 22.9. The van der Waals surface area contributed by atoms with E-state index < -0.39 is 5.91 Å². The molecule has 0 saturated carbocycles. The molecule has 0 aliphatic heterocycles. The molecule has 0 aromatic rings. The molecule has 54 valence electrons. The van der Waals surface area contributed by atoms with E-state index in [1.165, 1.54) is 7.11 Å². The molecule has 0 spiro atoms. The minimum atomic E-state index is -0.683. The number of hydrogen-bond donors (Lipinski definition) is 0. The fraction of sp³-hybridized carbons (Fsp3) is 0.333. The van der Waals surface area contributed by atoms with Crippen molar-refractivity contribution in [3.8, 4) is 0 Å². The van der Waals surface area contributed by atoms with E-state index in [4.69, 9.17) is 0 Å². The largest absolute Gasteiger partial charge is 0.380 e. The Labute approximate surface area is 58.2 Å². The number of hydrogen-bond acceptors (Lipinski definition) is 3. The van der Waals surface area contributed by atoms with Crippen molar-refractivity contribution in [1.82, 2.24) is 0 Å². The molecule has 0 N–H and O–H groups in total. The molecule has 0 heterocycles. The number of aliphatic imine (C=N–C) groups is 1. The van der Waals surface area contributed by atoms with Gasteiger partial charge in [0.05, 0.1) is 6.61 Å². The zero-order valence-corrected chi connectivity index (χ0v) is 5.59. The van der Waals surface area contributed by atoms with Gasteiger partial charge in [0.15, 0.2) is 0 Å². The molecule has 0 aromatic carbocycles. The summed E-state index contributed by atoms with van der Waals surface area (Å²) in [5.41, 5.74) is 0.144. The highest BCUT2D eigenvalue weighted by Gasteiger charge is 2.02. The van der Waals surface area contributed by atoms with E-state index in [0.717, 1.165) is 6.08 Å². The molecule has 4 nitrogen and oxygen atoms in total. The standard InChI is InChI=1S/C6H7NO3/c1-5(3-10-2)6(9)7-4-8/h1,3H2,2H3. The van der Waals surface area contributed by atoms with Crippen LogP contribution in [0.3, 0.4) is 0 Å². The van der Waals surface area contributed by atoms with Gasteiger partial charge in [-0.3, -0.25) is 4.79 Å². The Balaban J connectivity index is 3.95. The summed E-state index contributed by atoms with van der Waals surface area (Å²) < 4.78 is 4.56. The first kappa shape index (κ1) is 8.75. The molecule has 0 rings (SSSR count). The normalized spacial score (nSPS) is 8.10. The van der Waals surface area contributed by atoms with E-state index in [1.54, 1.807) is 0 Å². The summed E-state index contributed by atoms with van der Waals surface area (Å²) in [5.74, 6) is -0.683. The van der Waals surface area contributed by atoms with E-state index in [0.29, 0.717) is 0 Å². The fourth-order valence-corrected chi connectivity index (χ4v) is 0.356. The van der Waals surface area contributed by atoms with Crippen LogP contribution in [0.4, 0.5) is 0 Å². The molecule has 0 unspecified atom stereocenters. The lowest BCUT2D eigenvalue weighted by molar-refractivity contribution is -0.114. The average Bonchev–Trinajstić information content (AvgIpc) is 1.89. The molecule has 0 aromatic heterocycles. The van der Waals surface area contributed by atoms with E-state index in [-0.39, 0.29) is 12.2 Å². The van der Waals surface area contributed by atoms with Crippen LogP contribution in [0.15, 0.2) is 17.1 Å². The number of carbonyl (C=O) groups excluding carboxylic acids is 2. The molecule has 0 bridgehead atoms. The molecule has 0 atom stereocenters. The summed E-state index contributed by atoms with van der Waals surface area (Å²) in [6.07, 6.45) is 1.12. The summed E-state index contributed by atoms with van der Waals surface area (Å²) in [6, 6.07) is 0. The fourth-order valence-electron chi connectivity index (χ4n) is 0.356. The van der Waals surface area contributed by atoms with E-state index in [9.17, 15) is 9.59 Å². The third-order valence-corrected chi connectivity index (χ3v) is 0.768. The van der Waals surface area contributed by atoms with Crippen molar-refractivity contribution < 1.29 is 14.3 Å². The van der Waals surface area contributed by atoms with Crippen LogP contribution >= 0.6 is 0 Å². The topological polar surface area (TPSA) is 55.7 Å². The Morgan fingerprint density at radius 2 is 2.40 bits per heavy atom. The predicted molar refractivity (Wildman–Crippen MR) is 34.1 cm³/mol. The van der Waals surface area contributed by atoms with Crippen molar-refractivity contribution in [2.75, 3.05) is 13.7 Å². The van der Waals surface area contributed by atoms with Crippen LogP contribution in [0.5, 0.6) is 0 Å². The van der Waals surface area contributed by atoms with Crippen molar-refractivity contribution in [1.29, 1.82) is 0 Å². The van der Waals surface area contributed by atoms with Gasteiger partial charge in [-0.2, -0.15) is 0 Å². The van der Waals surface area contributed by atoms with Gasteiger partial charge in [-0.05, 0) is 0 Å². The van der Waals surface area contributed by atoms with Crippen molar-refractivity contribution in [3.63, 3.8) is 0 Å². The summed E-state index contributed by atoms with van der Waals surface area (Å²) in [6.45, 7) is 3.40. The Bertz CT molecular complexity index is 191. The maximum absolute atomic E-state index is 10.5. The second kappa shape index (κ2) is 4.61. The first-order chi connectivity index (χ1) is 4.72. The number of rotatable bonds is 3. The Kier molecular flexibility index (Phi) is 4.04. The third-order valence-electron chi connectivity index (χ3n) is 0.768. The van der Waals surface area contributed by atoms with Crippen LogP contribution in [-0.4, -0.2) is 25.7 Å². The first-order valence-corrected chi connectivity index (χ1v) is 2.51. The number of isocyanates is 1. The number of methoxy groups -OCH3 is 1. The van der Waals surface area contributed by atoms with Crippen molar-refractivity contribution in [2.45, 2.75) is 0 Å². The minimum absolute atomic E-state index is 0.0873. The maximum atomic E-state index is 10.5. The Morgan fingerprint density at radius 1 is 1.80 bits per heavy atom. The number of nitrogens with zero attached hydrogens (tertiary/aromatic N) is 1. The highest BCUT2D eigenvalue weighted by molar-refractivity contribution is 5.96. The van der Waals surface area contributed by atoms with Gasteiger partial charge >= 0.3 is 0 Å². The van der Waals surface area contributed by atoms with Crippen LogP contribution < -0.4 is 0 Å². The minimum Gasteiger partial charge on any atom is -0.380 e. The van der Waals surface area contributed by atoms with Gasteiger partial charge in [0.2, 0.25) is 6.08 Å². The highest BCUT2D eigenvalue weighted by atomic mass is 16.5. The third kappa shape index (κ3) is 2.91. The van der Waals surface area contributed by atoms with Gasteiger partial charge in [-0.15, -0.1) is 4.99 Å². The molecular formula is C6H7NO3. The lowest BCUT2D eigenvalue weighted by atomic mass is 10.3. The number of ether oxygens (including phenoxy) is 1. The zero-order chi connectivity index (χ0) is 7.98. The van der Waals surface area contributed by atoms with Crippen molar-refractivity contribution in [3.05, 3.63) is 12.2 Å². The second-order valence-electron chi connectivity index (χ2n) is 1.54. The van der Waals surface area contributed by atoms with Crippen LogP contribution in [-0.2, 0) is 14.3 Å². The van der Waals surface area contributed by atoms with E-state index >= 15 is 0 Å². The van der Waals surface area contributed by atoms with Gasteiger partial charge in [0.25, 0.3) is 5.91 Å². The molecule has 0 saturated heterocycles. The second-order valence-corrected chi connectivity index (χ2v) is 1.54. The molecule has 10 heavy (non-hydrogen) atoms. The number of amides is 1. The SMILES string of the molecule is C=C(COC)C(=O)N=C=O. The Morgan fingerprint density at radius 3 is 2.80 bits per heavy atom. The van der Waals surface area contributed by atoms with E-state index in [2.05, 4.69) is 16.3 Å². The van der Waals surface area contributed by atoms with Gasteiger partial charge in [-0.25, -0.2) is 4.79 Å². The van der Waals surface area contributed by atoms with Crippen LogP contribution in [0.2, 0.25) is 0 Å². The summed E-state index contributed by atoms with van der Waals surface area (Å²) in [7, 11) is 1.42. The average molecular weight is 141 g/mol. The molecule has 4 heteroatoms. The lowest BCUT2D eigenvalue weighted by Gasteiger charge is -1.94. The van der Waals surface area contributed by atoms with Crippen LogP contribution in [0.1, 0.15) is 0 Å². The summed E-state index contributed by atoms with van der Waals surface area (Å²) >= 11 is 0. The zero-order valence-electron chi connectivity index (χ0n) is 5.59. The van der Waals surface area contributed by atoms with E-state index in [1.807, 2.05) is 0 Å². The lowest BCUT2D eigenvalue weighted by Crippen LogP contribution is -2.03. The van der Waals surface area contributed by atoms with Gasteiger partial charge in [0.1, 0.15) is 0 Å². The molecule has 0 aliphatic rings. The predicted octanol–water partition coefficient (Wildman–Crippen LogP) is 0.0514. The monoisotopic (exact) mass is 141 g/mol. The highest BCUT2D eigenvalue weighted by Crippen LogP contribution is 1.92. The molecule has 0 radical (unpaired) electrons. The number of carbonyl (C=O) groups is 1. The van der Waals surface area contributed by atoms with Gasteiger partial charge in [0, 0.05) is 12.7 Å². The summed E-state index contributed by atoms with van der Waals surface area (Å²) in [5, 5.41) is 0. The Hall–Kier alpha value is -1.25. The molecule has 0 aliphatic carbocycles. The molecule has 1 amide bonds. The quantitative estimate of drug-likeness (QED) is 0.317. The first-order valence-electron chi connectivity index (χ1n) is 2.51. The van der Waals surface area contributed by atoms with Crippen molar-refractivity contribution >= 4 is 12.0 Å². The van der Waals surface area contributed by atoms with Crippen LogP contribution in [0.25, 0.3) is 0 Å². The van der Waals surface area contributed by atoms with Crippen molar-refractivity contribution in [2.24, 2.45) is 4.99 Å². The van der Waals surface area contributed by atoms with Gasteiger partial charge in [-0.1, -0.05) is 6.58 Å². The smallest absolute Gasteiger partial charge is 0.285 e. The maximum Gasteiger partial charge on any atom is 0.285 e. The van der Waals surface area contributed by atoms with Crippen LogP contribution in [0, 0.1) is 0 Å². The van der Waals surface area contributed by atoms with Gasteiger partial charge < -0.3 is 4.74 Å². The molecular weight excluding hydrogens is 134 g/mol.